The molecule has 1 fully saturated rings. The van der Waals surface area contributed by atoms with Gasteiger partial charge in [0, 0.05) is 73.4 Å². The van der Waals surface area contributed by atoms with Crippen LogP contribution in [0, 0.1) is 0 Å². The number of amides is 1. The van der Waals surface area contributed by atoms with E-state index in [1.54, 1.807) is 0 Å². The number of rotatable bonds is 4. The van der Waals surface area contributed by atoms with Gasteiger partial charge in [0.25, 0.3) is 5.91 Å². The van der Waals surface area contributed by atoms with Gasteiger partial charge in [0.1, 0.15) is 11.5 Å². The first-order valence-corrected chi connectivity index (χ1v) is 11.7. The van der Waals surface area contributed by atoms with Gasteiger partial charge >= 0.3 is 0 Å². The molecule has 0 unspecified atom stereocenters. The third-order valence-corrected chi connectivity index (χ3v) is 6.73. The summed E-state index contributed by atoms with van der Waals surface area (Å²) in [6.07, 6.45) is 6.53. The third kappa shape index (κ3) is 3.86. The first-order chi connectivity index (χ1) is 16.6. The molecule has 0 spiro atoms. The highest BCUT2D eigenvalue weighted by Crippen LogP contribution is 2.32. The minimum atomic E-state index is 0.00757. The number of aromatic nitrogens is 3. The van der Waals surface area contributed by atoms with Crippen molar-refractivity contribution in [3.63, 3.8) is 0 Å². The lowest BCUT2D eigenvalue weighted by Gasteiger charge is -2.33. The van der Waals surface area contributed by atoms with Crippen LogP contribution in [0.4, 0.5) is 17.2 Å². The maximum Gasteiger partial charge on any atom is 0.251 e. The predicted molar refractivity (Wildman–Crippen MR) is 135 cm³/mol. The molecule has 6 rings (SSSR count). The van der Waals surface area contributed by atoms with Gasteiger partial charge in [-0.25, -0.2) is 9.97 Å². The lowest BCUT2D eigenvalue weighted by atomic mass is 9.95. The van der Waals surface area contributed by atoms with Crippen molar-refractivity contribution >= 4 is 34.1 Å². The lowest BCUT2D eigenvalue weighted by molar-refractivity contribution is 0.0946. The van der Waals surface area contributed by atoms with Crippen LogP contribution in [0.3, 0.4) is 0 Å². The second-order valence-electron chi connectivity index (χ2n) is 9.02. The second-order valence-corrected chi connectivity index (χ2v) is 9.02. The van der Waals surface area contributed by atoms with E-state index in [9.17, 15) is 4.79 Å². The molecule has 3 aromatic heterocycles. The van der Waals surface area contributed by atoms with Crippen molar-refractivity contribution < 1.29 is 4.79 Å². The first-order valence-electron chi connectivity index (χ1n) is 11.7. The van der Waals surface area contributed by atoms with Gasteiger partial charge in [-0.3, -0.25) is 4.79 Å². The number of pyridine rings is 2. The topological polar surface area (TPSA) is 89.2 Å². The van der Waals surface area contributed by atoms with Crippen molar-refractivity contribution in [1.29, 1.82) is 0 Å². The predicted octanol–water partition coefficient (Wildman–Crippen LogP) is 3.41. The number of hydrogen-bond acceptors (Lipinski definition) is 6. The van der Waals surface area contributed by atoms with Crippen molar-refractivity contribution in [2.75, 3.05) is 50.0 Å². The van der Waals surface area contributed by atoms with Gasteiger partial charge in [-0.2, -0.15) is 0 Å². The van der Waals surface area contributed by atoms with Crippen molar-refractivity contribution in [3.05, 3.63) is 66.1 Å². The Morgan fingerprint density at radius 1 is 0.971 bits per heavy atom. The van der Waals surface area contributed by atoms with E-state index < -0.39 is 0 Å². The fraction of sp³-hybridized carbons (Fsp3) is 0.269. The summed E-state index contributed by atoms with van der Waals surface area (Å²) in [7, 11) is 2.15. The third-order valence-electron chi connectivity index (χ3n) is 6.73. The Labute approximate surface area is 198 Å². The number of carbonyl (C=O) groups is 1. The number of anilines is 3. The largest absolute Gasteiger partial charge is 0.354 e. The number of benzene rings is 1. The number of fused-ring (bicyclic) bond motifs is 2. The number of likely N-dealkylation sites (N-methyl/N-ethyl adjacent to an activating group) is 1. The van der Waals surface area contributed by atoms with E-state index in [1.165, 1.54) is 0 Å². The van der Waals surface area contributed by atoms with Crippen LogP contribution in [0.5, 0.6) is 0 Å². The van der Waals surface area contributed by atoms with Crippen LogP contribution in [-0.2, 0) is 6.42 Å². The van der Waals surface area contributed by atoms with Crippen molar-refractivity contribution in [3.8, 4) is 11.1 Å². The molecule has 0 bridgehead atoms. The summed E-state index contributed by atoms with van der Waals surface area (Å²) < 4.78 is 0. The molecule has 8 heteroatoms. The number of piperazine rings is 1. The first kappa shape index (κ1) is 20.7. The molecule has 5 heterocycles. The Balaban J connectivity index is 1.28. The van der Waals surface area contributed by atoms with Gasteiger partial charge in [-0.05, 0) is 42.8 Å². The Hall–Kier alpha value is -3.91. The zero-order valence-electron chi connectivity index (χ0n) is 19.1. The average Bonchev–Trinajstić information content (AvgIpc) is 3.28. The van der Waals surface area contributed by atoms with Gasteiger partial charge in [-0.15, -0.1) is 0 Å². The zero-order chi connectivity index (χ0) is 23.1. The van der Waals surface area contributed by atoms with E-state index in [1.807, 2.05) is 36.8 Å². The molecule has 0 radical (unpaired) electrons. The molecule has 8 nitrogen and oxygen atoms in total. The van der Waals surface area contributed by atoms with Crippen LogP contribution in [0.2, 0.25) is 0 Å². The standard InChI is InChI=1S/C26H27N7O/c1-32-8-10-33(11-9-32)24-14-19(5-7-27-24)31-20-13-22-23(16-30-25(22)29-15-20)17-2-3-21-18(12-17)4-6-28-26(21)34/h2-3,5,7,12-16H,4,6,8-11H2,1H3,(H,27,31)(H,28,34)(H,29,30). The van der Waals surface area contributed by atoms with Gasteiger partial charge in [0.2, 0.25) is 0 Å². The molecule has 34 heavy (non-hydrogen) atoms. The molecule has 3 N–H and O–H groups in total. The molecule has 1 amide bonds. The van der Waals surface area contributed by atoms with Gasteiger partial charge in [0.15, 0.2) is 0 Å². The molecule has 0 saturated carbocycles. The Kier molecular flexibility index (Phi) is 5.15. The van der Waals surface area contributed by atoms with E-state index in [4.69, 9.17) is 0 Å². The monoisotopic (exact) mass is 453 g/mol. The SMILES string of the molecule is CN1CCN(c2cc(Nc3cnc4[nH]cc(-c5ccc6c(c5)CCNC6=O)c4c3)ccn2)CC1. The number of nitrogens with zero attached hydrogens (tertiary/aromatic N) is 4. The number of nitrogens with one attached hydrogen (secondary N) is 3. The highest BCUT2D eigenvalue weighted by molar-refractivity contribution is 5.99. The Morgan fingerprint density at radius 2 is 1.85 bits per heavy atom. The smallest absolute Gasteiger partial charge is 0.251 e. The Morgan fingerprint density at radius 3 is 2.74 bits per heavy atom. The maximum atomic E-state index is 12.1. The van der Waals surface area contributed by atoms with Crippen LogP contribution in [-0.4, -0.2) is 65.5 Å². The molecule has 4 aromatic rings. The summed E-state index contributed by atoms with van der Waals surface area (Å²) in [5.41, 5.74) is 6.76. The average molecular weight is 454 g/mol. The fourth-order valence-electron chi connectivity index (χ4n) is 4.78. The highest BCUT2D eigenvalue weighted by atomic mass is 16.1. The number of hydrogen-bond donors (Lipinski definition) is 3. The second kappa shape index (κ2) is 8.46. The van der Waals surface area contributed by atoms with Crippen LogP contribution < -0.4 is 15.5 Å². The number of H-pyrrole nitrogens is 1. The van der Waals surface area contributed by atoms with Gasteiger partial charge in [-0.1, -0.05) is 12.1 Å². The van der Waals surface area contributed by atoms with Gasteiger partial charge < -0.3 is 25.4 Å². The van der Waals surface area contributed by atoms with E-state index in [0.717, 1.165) is 83.1 Å². The molecule has 2 aliphatic rings. The van der Waals surface area contributed by atoms with Crippen LogP contribution in [0.15, 0.2) is 55.0 Å². The summed E-state index contributed by atoms with van der Waals surface area (Å²) >= 11 is 0. The van der Waals surface area contributed by atoms with Crippen LogP contribution in [0.25, 0.3) is 22.2 Å². The Bertz CT molecular complexity index is 1370. The summed E-state index contributed by atoms with van der Waals surface area (Å²) in [5.74, 6) is 1.00. The van der Waals surface area contributed by atoms with E-state index in [2.05, 4.69) is 60.6 Å². The number of carbonyl (C=O) groups excluding carboxylic acids is 1. The van der Waals surface area contributed by atoms with E-state index in [0.29, 0.717) is 6.54 Å². The fourth-order valence-corrected chi connectivity index (χ4v) is 4.78. The summed E-state index contributed by atoms with van der Waals surface area (Å²) in [5, 5.41) is 7.45. The van der Waals surface area contributed by atoms with Crippen molar-refractivity contribution in [1.82, 2.24) is 25.2 Å². The van der Waals surface area contributed by atoms with Crippen LogP contribution >= 0.6 is 0 Å². The molecule has 0 aliphatic carbocycles. The van der Waals surface area contributed by atoms with E-state index in [-0.39, 0.29) is 5.91 Å². The molecule has 2 aliphatic heterocycles. The molecule has 0 atom stereocenters. The van der Waals surface area contributed by atoms with E-state index >= 15 is 0 Å². The lowest BCUT2D eigenvalue weighted by Crippen LogP contribution is -2.44. The summed E-state index contributed by atoms with van der Waals surface area (Å²) in [4.78, 5) is 29.3. The quantitative estimate of drug-likeness (QED) is 0.439. The van der Waals surface area contributed by atoms with Gasteiger partial charge in [0.05, 0.1) is 11.9 Å². The minimum absolute atomic E-state index is 0.00757. The van der Waals surface area contributed by atoms with Crippen LogP contribution in [0.1, 0.15) is 15.9 Å². The van der Waals surface area contributed by atoms with Crippen molar-refractivity contribution in [2.45, 2.75) is 6.42 Å². The summed E-state index contributed by atoms with van der Waals surface area (Å²) in [6.45, 7) is 4.74. The molecular weight excluding hydrogens is 426 g/mol. The normalized spacial score (nSPS) is 16.4. The molecule has 1 saturated heterocycles. The molecular formula is C26H27N7O. The summed E-state index contributed by atoms with van der Waals surface area (Å²) in [6, 6.07) is 12.3. The highest BCUT2D eigenvalue weighted by Gasteiger charge is 2.18. The zero-order valence-corrected chi connectivity index (χ0v) is 19.1. The molecule has 1 aromatic carbocycles. The minimum Gasteiger partial charge on any atom is -0.354 e. The van der Waals surface area contributed by atoms with Crippen molar-refractivity contribution in [2.24, 2.45) is 0 Å². The number of aromatic amines is 1. The maximum absolute atomic E-state index is 12.1. The molecule has 172 valence electrons.